The molecule has 0 saturated heterocycles. The van der Waals surface area contributed by atoms with Crippen LogP contribution in [0.2, 0.25) is 0 Å². The molecule has 0 aliphatic rings. The van der Waals surface area contributed by atoms with Crippen LogP contribution in [-0.4, -0.2) is 21.8 Å². The summed E-state index contributed by atoms with van der Waals surface area (Å²) < 4.78 is 0. The van der Waals surface area contributed by atoms with E-state index in [4.69, 9.17) is 10.2 Å². The number of aliphatic carboxylic acids is 1. The van der Waals surface area contributed by atoms with Crippen molar-refractivity contribution in [2.24, 2.45) is 0 Å². The zero-order valence-corrected chi connectivity index (χ0v) is 7.29. The number of rotatable bonds is 2. The van der Waals surface area contributed by atoms with E-state index >= 15 is 0 Å². The van der Waals surface area contributed by atoms with E-state index in [9.17, 15) is 4.79 Å². The number of carboxylic acid groups (broad SMARTS) is 1. The summed E-state index contributed by atoms with van der Waals surface area (Å²) in [5.74, 6) is -0.745. The second-order valence-corrected chi connectivity index (χ2v) is 2.61. The monoisotopic (exact) mass is 160 g/mol. The van der Waals surface area contributed by atoms with E-state index < -0.39 is 11.6 Å². The van der Waals surface area contributed by atoms with Crippen LogP contribution in [0.5, 0.6) is 0 Å². The minimum atomic E-state index is -0.745. The molecule has 2 N–H and O–H groups in total. The third-order valence-corrected chi connectivity index (χ3v) is 0.802. The maximum atomic E-state index is 9.37. The van der Waals surface area contributed by atoms with Gasteiger partial charge in [0, 0.05) is 6.42 Å². The highest BCUT2D eigenvalue weighted by Crippen LogP contribution is 1.98. The van der Waals surface area contributed by atoms with Gasteiger partial charge in [-0.25, -0.2) is 0 Å². The third-order valence-electron chi connectivity index (χ3n) is 0.802. The average molecular weight is 160 g/mol. The van der Waals surface area contributed by atoms with Gasteiger partial charge in [-0.2, -0.15) is 0 Å². The number of hydrogen-bond acceptors (Lipinski definition) is 2. The van der Waals surface area contributed by atoms with Gasteiger partial charge in [0.2, 0.25) is 0 Å². The van der Waals surface area contributed by atoms with Crippen LogP contribution in [-0.2, 0) is 4.79 Å². The van der Waals surface area contributed by atoms with Gasteiger partial charge in [0.25, 0.3) is 0 Å². The molecule has 3 nitrogen and oxygen atoms in total. The number of hydrogen-bond donors (Lipinski definition) is 2. The van der Waals surface area contributed by atoms with Crippen LogP contribution in [0.3, 0.4) is 0 Å². The van der Waals surface area contributed by atoms with E-state index in [1.165, 1.54) is 6.08 Å². The Morgan fingerprint density at radius 1 is 1.64 bits per heavy atom. The lowest BCUT2D eigenvalue weighted by Crippen LogP contribution is -2.12. The topological polar surface area (TPSA) is 57.5 Å². The van der Waals surface area contributed by atoms with Gasteiger partial charge in [-0.1, -0.05) is 13.0 Å². The molecule has 0 bridgehead atoms. The smallest absolute Gasteiger partial charge is 0.303 e. The van der Waals surface area contributed by atoms with Crippen LogP contribution in [0.15, 0.2) is 12.7 Å². The van der Waals surface area contributed by atoms with E-state index in [2.05, 4.69) is 6.58 Å². The molecule has 0 radical (unpaired) electrons. The van der Waals surface area contributed by atoms with Gasteiger partial charge in [0.1, 0.15) is 0 Å². The molecule has 0 aliphatic heterocycles. The Bertz CT molecular complexity index is 122. The predicted molar refractivity (Wildman–Crippen MR) is 44.4 cm³/mol. The fourth-order valence-electron chi connectivity index (χ4n) is 0. The van der Waals surface area contributed by atoms with Crippen molar-refractivity contribution in [1.29, 1.82) is 0 Å². The second kappa shape index (κ2) is 5.92. The molecule has 0 atom stereocenters. The Labute approximate surface area is 67.4 Å². The Hall–Kier alpha value is -0.830. The van der Waals surface area contributed by atoms with E-state index in [0.717, 1.165) is 0 Å². The third kappa shape index (κ3) is 27.1. The Morgan fingerprint density at radius 2 is 1.82 bits per heavy atom. The van der Waals surface area contributed by atoms with Gasteiger partial charge in [0.15, 0.2) is 0 Å². The second-order valence-electron chi connectivity index (χ2n) is 2.61. The first-order valence-electron chi connectivity index (χ1n) is 3.41. The highest BCUT2D eigenvalue weighted by Gasteiger charge is 2.02. The minimum absolute atomic E-state index is 0.222. The molecule has 0 saturated carbocycles. The normalized spacial score (nSPS) is 9.45. The van der Waals surface area contributed by atoms with Gasteiger partial charge >= 0.3 is 5.97 Å². The molecule has 0 aromatic heterocycles. The average Bonchev–Trinajstić information content (AvgIpc) is 1.88. The van der Waals surface area contributed by atoms with Crippen LogP contribution in [0.1, 0.15) is 27.2 Å². The highest BCUT2D eigenvalue weighted by atomic mass is 16.4. The first-order valence-corrected chi connectivity index (χ1v) is 3.41. The largest absolute Gasteiger partial charge is 0.481 e. The SMILES string of the molecule is C=CC(C)(C)O.CCC(=O)O. The van der Waals surface area contributed by atoms with E-state index in [1.54, 1.807) is 20.8 Å². The lowest BCUT2D eigenvalue weighted by Gasteiger charge is -2.07. The molecule has 0 heterocycles. The molecular weight excluding hydrogens is 144 g/mol. The van der Waals surface area contributed by atoms with Crippen molar-refractivity contribution in [3.8, 4) is 0 Å². The van der Waals surface area contributed by atoms with Gasteiger partial charge in [-0.15, -0.1) is 6.58 Å². The summed E-state index contributed by atoms with van der Waals surface area (Å²) in [6, 6.07) is 0. The number of carbonyl (C=O) groups is 1. The molecule has 3 heteroatoms. The molecule has 11 heavy (non-hydrogen) atoms. The highest BCUT2D eigenvalue weighted by molar-refractivity contribution is 5.66. The minimum Gasteiger partial charge on any atom is -0.481 e. The van der Waals surface area contributed by atoms with Crippen LogP contribution < -0.4 is 0 Å². The van der Waals surface area contributed by atoms with Crippen molar-refractivity contribution < 1.29 is 15.0 Å². The Kier molecular flexibility index (Phi) is 6.89. The summed E-state index contributed by atoms with van der Waals surface area (Å²) >= 11 is 0. The van der Waals surface area contributed by atoms with Crippen molar-refractivity contribution in [1.82, 2.24) is 0 Å². The van der Waals surface area contributed by atoms with E-state index in [1.807, 2.05) is 0 Å². The summed E-state index contributed by atoms with van der Waals surface area (Å²) in [4.78, 5) is 9.37. The molecule has 0 fully saturated rings. The van der Waals surface area contributed by atoms with Crippen LogP contribution in [0.4, 0.5) is 0 Å². The molecule has 0 aromatic rings. The quantitative estimate of drug-likeness (QED) is 0.601. The fourth-order valence-corrected chi connectivity index (χ4v) is 0. The van der Waals surface area contributed by atoms with Gasteiger partial charge in [0.05, 0.1) is 5.60 Å². The first kappa shape index (κ1) is 12.8. The summed E-state index contributed by atoms with van der Waals surface area (Å²) in [7, 11) is 0. The molecule has 0 spiro atoms. The fraction of sp³-hybridized carbons (Fsp3) is 0.625. The van der Waals surface area contributed by atoms with Gasteiger partial charge in [-0.05, 0) is 13.8 Å². The number of aliphatic hydroxyl groups is 1. The van der Waals surface area contributed by atoms with Crippen LogP contribution >= 0.6 is 0 Å². The molecule has 0 aromatic carbocycles. The van der Waals surface area contributed by atoms with Crippen LogP contribution in [0, 0.1) is 0 Å². The van der Waals surface area contributed by atoms with Crippen molar-refractivity contribution in [2.45, 2.75) is 32.8 Å². The summed E-state index contributed by atoms with van der Waals surface area (Å²) in [5.41, 5.74) is -0.694. The lowest BCUT2D eigenvalue weighted by molar-refractivity contribution is -0.136. The molecule has 0 amide bonds. The maximum Gasteiger partial charge on any atom is 0.303 e. The molecule has 0 unspecified atom stereocenters. The molecule has 0 aliphatic carbocycles. The maximum absolute atomic E-state index is 9.37. The van der Waals surface area contributed by atoms with Crippen molar-refractivity contribution in [3.63, 3.8) is 0 Å². The number of carboxylic acids is 1. The molecule has 66 valence electrons. The van der Waals surface area contributed by atoms with Crippen molar-refractivity contribution in [3.05, 3.63) is 12.7 Å². The van der Waals surface area contributed by atoms with Crippen molar-refractivity contribution >= 4 is 5.97 Å². The lowest BCUT2D eigenvalue weighted by atomic mass is 10.1. The Morgan fingerprint density at radius 3 is 1.82 bits per heavy atom. The zero-order valence-electron chi connectivity index (χ0n) is 7.29. The molecule has 0 rings (SSSR count). The first-order chi connectivity index (χ1) is 4.83. The summed E-state index contributed by atoms with van der Waals surface area (Å²) in [6.07, 6.45) is 1.72. The zero-order chi connectivity index (χ0) is 9.49. The van der Waals surface area contributed by atoms with Crippen molar-refractivity contribution in [2.75, 3.05) is 0 Å². The van der Waals surface area contributed by atoms with Crippen LogP contribution in [0.25, 0.3) is 0 Å². The van der Waals surface area contributed by atoms with E-state index in [0.29, 0.717) is 0 Å². The van der Waals surface area contributed by atoms with Gasteiger partial charge < -0.3 is 10.2 Å². The molecular formula is C8H16O3. The predicted octanol–water partition coefficient (Wildman–Crippen LogP) is 1.42. The Balaban J connectivity index is 0. The van der Waals surface area contributed by atoms with E-state index in [-0.39, 0.29) is 6.42 Å². The standard InChI is InChI=1S/C5H10O.C3H6O2/c1-4-5(2,3)6;1-2-3(4)5/h4,6H,1H2,2-3H3;2H2,1H3,(H,4,5). The summed E-state index contributed by atoms with van der Waals surface area (Å²) in [6.45, 7) is 8.34. The summed E-state index contributed by atoms with van der Waals surface area (Å²) in [5, 5.41) is 16.4. The van der Waals surface area contributed by atoms with Gasteiger partial charge in [-0.3, -0.25) is 4.79 Å².